The number of aryl methyl sites for hydroxylation is 1. The summed E-state index contributed by atoms with van der Waals surface area (Å²) in [4.78, 5) is 84.8. The van der Waals surface area contributed by atoms with Gasteiger partial charge in [0.25, 0.3) is 23.6 Å². The van der Waals surface area contributed by atoms with Crippen LogP contribution < -0.4 is 29.1 Å². The van der Waals surface area contributed by atoms with Crippen LogP contribution in [-0.2, 0) is 71.8 Å². The van der Waals surface area contributed by atoms with Crippen molar-refractivity contribution in [3.63, 3.8) is 0 Å². The lowest BCUT2D eigenvalue weighted by Crippen LogP contribution is -2.57. The van der Waals surface area contributed by atoms with E-state index in [4.69, 9.17) is 47.1 Å². The summed E-state index contributed by atoms with van der Waals surface area (Å²) in [6, 6.07) is 12.2. The Morgan fingerprint density at radius 3 is 1.81 bits per heavy atom. The number of nitrogens with zero attached hydrogens (tertiary/aromatic N) is 8. The van der Waals surface area contributed by atoms with Gasteiger partial charge in [0.1, 0.15) is 37.1 Å². The maximum Gasteiger partial charge on any atom is 0.409 e. The van der Waals surface area contributed by atoms with Crippen LogP contribution in [0.1, 0.15) is 98.2 Å². The fourth-order valence-electron chi connectivity index (χ4n) is 12.0. The van der Waals surface area contributed by atoms with Gasteiger partial charge in [0.05, 0.1) is 122 Å². The van der Waals surface area contributed by atoms with E-state index in [0.717, 1.165) is 38.9 Å². The zero-order valence-corrected chi connectivity index (χ0v) is 58.7. The predicted molar refractivity (Wildman–Crippen MR) is 366 cm³/mol. The zero-order chi connectivity index (χ0) is 69.6. The number of carbonyl (C=O) groups excluding carboxylic acids is 6. The smallest absolute Gasteiger partial charge is 0.409 e. The first-order valence-electron chi connectivity index (χ1n) is 33.1. The molecule has 0 saturated carbocycles. The van der Waals surface area contributed by atoms with Gasteiger partial charge in [-0.15, -0.1) is 5.10 Å². The standard InChI is InChI=1S/C68H92B2N9O17Si/c1-45-30-55-48(4)79(70(8)86)57-38-61(60(87-9)36-53(57)66(85)76(55)39-45)95-43-50-33-49(42-94-59-37-56-52(32-47(59)3)65(84)77-40-46(2)31-58(77)67(78(56)69-44-80)96-97(10,11)68(5,6)7)34-51(35-50)54-41-74(73-72-54)17-19-89-21-23-91-25-27-93-29-28-92-26-24-90-22-20-88-18-15-71-62(81)14-16-75-63(82)12-13-64(75)83/h12-13,32-41,44,48,55,58,67,86H,14-31,42-43H2,1-11H3,(H,71,81)/t48-,55-,58-,67-/m0/s1. The Bertz CT molecular complexity index is 3540. The summed E-state index contributed by atoms with van der Waals surface area (Å²) in [5.74, 6) is -0.261. The number of imide groups is 1. The third-order valence-corrected chi connectivity index (χ3v) is 22.5. The van der Waals surface area contributed by atoms with Crippen LogP contribution >= 0.6 is 0 Å². The number of benzene rings is 3. The van der Waals surface area contributed by atoms with Gasteiger partial charge in [-0.05, 0) is 113 Å². The van der Waals surface area contributed by atoms with Crippen molar-refractivity contribution >= 4 is 69.9 Å². The molecule has 26 nitrogen and oxygen atoms in total. The first-order valence-corrected chi connectivity index (χ1v) is 36.0. The highest BCUT2D eigenvalue weighted by Gasteiger charge is 2.49. The molecule has 5 amide bonds. The van der Waals surface area contributed by atoms with Crippen molar-refractivity contribution in [3.05, 3.63) is 112 Å². The SMILES string of the molecule is COc1cc2c(cc1OCc1cc(COc3cc4c(cc3C)C(=O)N3C=C(C)C[C@H]3[C@H](O[Si](C)(C)C(C)(C)C)N4[B]C=O)cc(-c3cn(CCOCCOCCOCCOCCOCCOCCNC(=O)CCN4C(=O)C=CC4=O)nn3)c1)N(B(C)O)[C@@H](C)[C@@H]1CC(C)=CN1C2=O. The maximum atomic E-state index is 14.6. The summed E-state index contributed by atoms with van der Waals surface area (Å²) < 4.78 is 61.9. The molecule has 1 radical (unpaired) electrons. The van der Waals surface area contributed by atoms with E-state index in [-0.39, 0.29) is 67.1 Å². The number of ether oxygens (including phenoxy) is 9. The Labute approximate surface area is 569 Å². The van der Waals surface area contributed by atoms with Gasteiger partial charge in [-0.3, -0.25) is 28.9 Å². The number of nitrogens with one attached hydrogen (secondary N) is 1. The zero-order valence-electron chi connectivity index (χ0n) is 57.7. The highest BCUT2D eigenvalue weighted by Crippen LogP contribution is 2.46. The molecule has 0 fully saturated rings. The molecule has 97 heavy (non-hydrogen) atoms. The summed E-state index contributed by atoms with van der Waals surface area (Å²) in [6.45, 7) is 25.7. The third kappa shape index (κ3) is 18.5. The number of hydrogen-bond acceptors (Lipinski definition) is 21. The van der Waals surface area contributed by atoms with Gasteiger partial charge in [0.2, 0.25) is 5.91 Å². The lowest BCUT2D eigenvalue weighted by Gasteiger charge is -2.45. The van der Waals surface area contributed by atoms with Gasteiger partial charge in [0.15, 0.2) is 19.8 Å². The first kappa shape index (κ1) is 73.5. The molecule has 4 atom stereocenters. The fourth-order valence-corrected chi connectivity index (χ4v) is 13.2. The molecule has 0 aliphatic carbocycles. The predicted octanol–water partition coefficient (Wildman–Crippen LogP) is 6.48. The highest BCUT2D eigenvalue weighted by molar-refractivity contribution is 6.74. The lowest BCUT2D eigenvalue weighted by molar-refractivity contribution is -0.137. The lowest BCUT2D eigenvalue weighted by atomic mass is 9.80. The number of carbonyl (C=O) groups is 6. The van der Waals surface area contributed by atoms with Crippen molar-refractivity contribution in [1.82, 2.24) is 35.0 Å². The van der Waals surface area contributed by atoms with Crippen molar-refractivity contribution < 1.29 is 80.8 Å². The quantitative estimate of drug-likeness (QED) is 0.0211. The van der Waals surface area contributed by atoms with Crippen LogP contribution in [0.4, 0.5) is 11.4 Å². The van der Waals surface area contributed by atoms with Gasteiger partial charge in [-0.1, -0.05) is 37.1 Å². The second-order valence-corrected chi connectivity index (χ2v) is 31.0. The Morgan fingerprint density at radius 2 is 1.25 bits per heavy atom. The Balaban J connectivity index is 0.790. The summed E-state index contributed by atoms with van der Waals surface area (Å²) in [5.41, 5.74) is 7.51. The molecular formula is C68H92B2N9O17Si. The molecule has 6 heterocycles. The Kier molecular flexibility index (Phi) is 25.5. The minimum Gasteiger partial charge on any atom is -0.493 e. The summed E-state index contributed by atoms with van der Waals surface area (Å²) in [5, 5.41) is 22.8. The van der Waals surface area contributed by atoms with Crippen LogP contribution in [0.5, 0.6) is 17.2 Å². The monoisotopic (exact) mass is 1360 g/mol. The third-order valence-electron chi connectivity index (χ3n) is 18.0. The molecule has 521 valence electrons. The van der Waals surface area contributed by atoms with E-state index in [9.17, 15) is 33.8 Å². The largest absolute Gasteiger partial charge is 0.493 e. The molecule has 1 aromatic heterocycles. The van der Waals surface area contributed by atoms with Gasteiger partial charge in [0, 0.05) is 79.2 Å². The second-order valence-electron chi connectivity index (χ2n) is 26.2. The summed E-state index contributed by atoms with van der Waals surface area (Å²) >= 11 is 0. The Hall–Kier alpha value is -7.73. The second kappa shape index (κ2) is 33.7. The van der Waals surface area contributed by atoms with Crippen molar-refractivity contribution in [1.29, 1.82) is 0 Å². The van der Waals surface area contributed by atoms with E-state index in [1.165, 1.54) is 26.7 Å². The van der Waals surface area contributed by atoms with E-state index in [0.29, 0.717) is 156 Å². The summed E-state index contributed by atoms with van der Waals surface area (Å²) in [7, 11) is -0.430. The van der Waals surface area contributed by atoms with Crippen LogP contribution in [0.25, 0.3) is 11.3 Å². The Morgan fingerprint density at radius 1 is 0.711 bits per heavy atom. The van der Waals surface area contributed by atoms with Crippen molar-refractivity contribution in [2.45, 2.75) is 137 Å². The van der Waals surface area contributed by atoms with Gasteiger partial charge in [-0.2, -0.15) is 0 Å². The van der Waals surface area contributed by atoms with E-state index < -0.39 is 33.4 Å². The van der Waals surface area contributed by atoms with Crippen LogP contribution in [0.15, 0.2) is 84.4 Å². The number of rotatable bonds is 37. The normalized spacial score (nSPS) is 18.4. The molecule has 0 unspecified atom stereocenters. The van der Waals surface area contributed by atoms with Gasteiger partial charge in [-0.25, -0.2) is 4.68 Å². The fraction of sp³-hybridized carbons (Fsp3) is 0.529. The molecule has 9 rings (SSSR count). The highest BCUT2D eigenvalue weighted by atomic mass is 28.4. The molecular weight excluding hydrogens is 1260 g/mol. The number of aromatic nitrogens is 3. The van der Waals surface area contributed by atoms with Crippen LogP contribution in [-0.4, -0.2) is 217 Å². The molecule has 0 spiro atoms. The molecule has 5 aliphatic rings. The molecule has 3 aromatic carbocycles. The number of amides is 5. The van der Waals surface area contributed by atoms with Crippen LogP contribution in [0.2, 0.25) is 25.0 Å². The average molecular weight is 1360 g/mol. The maximum absolute atomic E-state index is 14.6. The van der Waals surface area contributed by atoms with Gasteiger partial charge >= 0.3 is 14.5 Å². The molecule has 4 aromatic rings. The van der Waals surface area contributed by atoms with E-state index in [1.807, 2.05) is 86.2 Å². The van der Waals surface area contributed by atoms with E-state index in [2.05, 4.69) is 49.5 Å². The molecule has 2 N–H and O–H groups in total. The van der Waals surface area contributed by atoms with E-state index in [1.54, 1.807) is 33.4 Å². The minimum atomic E-state index is -2.49. The first-order chi connectivity index (χ1) is 46.5. The van der Waals surface area contributed by atoms with Crippen molar-refractivity contribution in [2.75, 3.05) is 109 Å². The molecule has 0 saturated heterocycles. The number of fused-ring (bicyclic) bond motifs is 4. The molecule has 29 heteroatoms. The average Bonchev–Trinajstić information content (AvgIpc) is 1.63. The van der Waals surface area contributed by atoms with Crippen LogP contribution in [0.3, 0.4) is 0 Å². The minimum absolute atomic E-state index is 0.0256. The molecule has 0 bridgehead atoms. The number of methoxy groups -OCH3 is 1. The van der Waals surface area contributed by atoms with Crippen molar-refractivity contribution in [3.8, 4) is 28.5 Å². The van der Waals surface area contributed by atoms with Gasteiger partial charge < -0.3 is 81.6 Å². The molecule has 5 aliphatic heterocycles. The van der Waals surface area contributed by atoms with E-state index >= 15 is 0 Å². The number of anilines is 2. The topological polar surface area (TPSA) is 274 Å². The summed E-state index contributed by atoms with van der Waals surface area (Å²) in [6.07, 6.45) is 9.37. The number of hydrogen-bond donors (Lipinski definition) is 2. The van der Waals surface area contributed by atoms with Crippen LogP contribution in [0, 0.1) is 6.92 Å². The van der Waals surface area contributed by atoms with Crippen molar-refractivity contribution in [2.24, 2.45) is 0 Å².